The number of carbonyl (C=O) groups is 1. The van der Waals surface area contributed by atoms with Gasteiger partial charge in [-0.15, -0.1) is 0 Å². The molecule has 0 spiro atoms. The lowest BCUT2D eigenvalue weighted by Crippen LogP contribution is -2.22. The molecule has 0 bridgehead atoms. The molecule has 0 aliphatic rings. The van der Waals surface area contributed by atoms with Gasteiger partial charge in [-0.3, -0.25) is 9.78 Å². The molecule has 2 aromatic rings. The molecule has 0 saturated carbocycles. The largest absolute Gasteiger partial charge is 0.459 e. The second-order valence-electron chi connectivity index (χ2n) is 3.47. The Morgan fingerprint density at radius 1 is 1.38 bits per heavy atom. The molecule has 0 atom stereocenters. The number of carbonyl (C=O) groups excluding carboxylic acids is 1. The molecule has 1 amide bonds. The van der Waals surface area contributed by atoms with E-state index in [0.717, 1.165) is 11.1 Å². The van der Waals surface area contributed by atoms with Gasteiger partial charge in [-0.1, -0.05) is 0 Å². The van der Waals surface area contributed by atoms with Gasteiger partial charge < -0.3 is 9.73 Å². The number of amides is 1. The van der Waals surface area contributed by atoms with E-state index in [1.54, 1.807) is 18.5 Å². The maximum absolute atomic E-state index is 11.7. The molecule has 1 N–H and O–H groups in total. The second-order valence-corrected chi connectivity index (χ2v) is 3.47. The standard InChI is InChI=1S/C12H12N2O2/c1-9-4-7-16-11(9)12(15)14-8-10-2-5-13-6-3-10/h2-7H,8H2,1H3,(H,14,15). The highest BCUT2D eigenvalue weighted by molar-refractivity contribution is 5.92. The SMILES string of the molecule is Cc1ccoc1C(=O)NCc1ccncc1. The zero-order chi connectivity index (χ0) is 11.4. The zero-order valence-electron chi connectivity index (χ0n) is 8.93. The molecule has 0 saturated heterocycles. The highest BCUT2D eigenvalue weighted by Crippen LogP contribution is 2.08. The van der Waals surface area contributed by atoms with E-state index in [2.05, 4.69) is 10.3 Å². The first kappa shape index (κ1) is 10.4. The molecule has 0 aliphatic heterocycles. The smallest absolute Gasteiger partial charge is 0.287 e. The minimum absolute atomic E-state index is 0.195. The summed E-state index contributed by atoms with van der Waals surface area (Å²) in [5.74, 6) is 0.174. The third-order valence-corrected chi connectivity index (χ3v) is 2.27. The van der Waals surface area contributed by atoms with Gasteiger partial charge in [0.15, 0.2) is 5.76 Å². The quantitative estimate of drug-likeness (QED) is 0.852. The Morgan fingerprint density at radius 2 is 2.12 bits per heavy atom. The Morgan fingerprint density at radius 3 is 2.75 bits per heavy atom. The summed E-state index contributed by atoms with van der Waals surface area (Å²) in [5.41, 5.74) is 1.85. The number of nitrogens with zero attached hydrogens (tertiary/aromatic N) is 1. The molecule has 0 radical (unpaired) electrons. The molecule has 4 nitrogen and oxygen atoms in total. The van der Waals surface area contributed by atoms with Gasteiger partial charge in [-0.2, -0.15) is 0 Å². The molecule has 0 fully saturated rings. The van der Waals surface area contributed by atoms with Gasteiger partial charge in [0.25, 0.3) is 5.91 Å². The Kier molecular flexibility index (Phi) is 3.00. The van der Waals surface area contributed by atoms with Crippen LogP contribution in [-0.2, 0) is 6.54 Å². The maximum Gasteiger partial charge on any atom is 0.287 e. The molecular weight excluding hydrogens is 204 g/mol. The van der Waals surface area contributed by atoms with Gasteiger partial charge in [-0.25, -0.2) is 0 Å². The molecular formula is C12H12N2O2. The van der Waals surface area contributed by atoms with Gasteiger partial charge >= 0.3 is 0 Å². The summed E-state index contributed by atoms with van der Waals surface area (Å²) in [6, 6.07) is 5.48. The monoisotopic (exact) mass is 216 g/mol. The molecule has 16 heavy (non-hydrogen) atoms. The van der Waals surface area contributed by atoms with Crippen LogP contribution in [0.3, 0.4) is 0 Å². The normalized spacial score (nSPS) is 10.1. The number of nitrogens with one attached hydrogen (secondary N) is 1. The molecule has 4 heteroatoms. The van der Waals surface area contributed by atoms with Crippen molar-refractivity contribution in [1.82, 2.24) is 10.3 Å². The average Bonchev–Trinajstić information content (AvgIpc) is 2.74. The third kappa shape index (κ3) is 2.28. The summed E-state index contributed by atoms with van der Waals surface area (Å²) in [7, 11) is 0. The van der Waals surface area contributed by atoms with Gasteiger partial charge in [0.2, 0.25) is 0 Å². The van der Waals surface area contributed by atoms with Gasteiger partial charge in [0.05, 0.1) is 6.26 Å². The van der Waals surface area contributed by atoms with Crippen molar-refractivity contribution < 1.29 is 9.21 Å². The summed E-state index contributed by atoms with van der Waals surface area (Å²) in [4.78, 5) is 15.6. The first-order valence-electron chi connectivity index (χ1n) is 4.98. The number of aryl methyl sites for hydroxylation is 1. The van der Waals surface area contributed by atoms with Crippen LogP contribution in [0.4, 0.5) is 0 Å². The van der Waals surface area contributed by atoms with Crippen molar-refractivity contribution >= 4 is 5.91 Å². The van der Waals surface area contributed by atoms with Crippen LogP contribution in [0.1, 0.15) is 21.7 Å². The first-order chi connectivity index (χ1) is 7.77. The fourth-order valence-electron chi connectivity index (χ4n) is 1.37. The predicted octanol–water partition coefficient (Wildman–Crippen LogP) is 1.91. The van der Waals surface area contributed by atoms with Crippen LogP contribution in [0, 0.1) is 6.92 Å². The molecule has 0 aromatic carbocycles. The van der Waals surface area contributed by atoms with Crippen molar-refractivity contribution in [3.63, 3.8) is 0 Å². The Hall–Kier alpha value is -2.10. The molecule has 2 aromatic heterocycles. The Balaban J connectivity index is 1.97. The molecule has 2 heterocycles. The molecule has 2 rings (SSSR count). The minimum Gasteiger partial charge on any atom is -0.459 e. The van der Waals surface area contributed by atoms with Crippen LogP contribution < -0.4 is 5.32 Å². The van der Waals surface area contributed by atoms with E-state index in [1.807, 2.05) is 19.1 Å². The lowest BCUT2D eigenvalue weighted by atomic mass is 10.2. The zero-order valence-corrected chi connectivity index (χ0v) is 8.93. The number of pyridine rings is 1. The lowest BCUT2D eigenvalue weighted by molar-refractivity contribution is 0.0922. The third-order valence-electron chi connectivity index (χ3n) is 2.27. The number of furan rings is 1. The van der Waals surface area contributed by atoms with Crippen molar-refractivity contribution in [3.8, 4) is 0 Å². The van der Waals surface area contributed by atoms with Crippen LogP contribution in [0.5, 0.6) is 0 Å². The number of aromatic nitrogens is 1. The van der Waals surface area contributed by atoms with Crippen LogP contribution >= 0.6 is 0 Å². The van der Waals surface area contributed by atoms with Crippen LogP contribution in [-0.4, -0.2) is 10.9 Å². The number of rotatable bonds is 3. The average molecular weight is 216 g/mol. The molecule has 0 unspecified atom stereocenters. The summed E-state index contributed by atoms with van der Waals surface area (Å²) in [6.45, 7) is 2.31. The van der Waals surface area contributed by atoms with Crippen LogP contribution in [0.2, 0.25) is 0 Å². The van der Waals surface area contributed by atoms with Gasteiger partial charge in [0, 0.05) is 24.5 Å². The van der Waals surface area contributed by atoms with E-state index in [1.165, 1.54) is 6.26 Å². The fraction of sp³-hybridized carbons (Fsp3) is 0.167. The number of hydrogen-bond donors (Lipinski definition) is 1. The van der Waals surface area contributed by atoms with Gasteiger partial charge in [-0.05, 0) is 30.7 Å². The molecule has 0 aliphatic carbocycles. The van der Waals surface area contributed by atoms with Crippen molar-refractivity contribution in [2.75, 3.05) is 0 Å². The van der Waals surface area contributed by atoms with Crippen LogP contribution in [0.25, 0.3) is 0 Å². The van der Waals surface area contributed by atoms with Crippen molar-refractivity contribution in [2.45, 2.75) is 13.5 Å². The maximum atomic E-state index is 11.7. The van der Waals surface area contributed by atoms with Crippen LogP contribution in [0.15, 0.2) is 41.3 Å². The summed E-state index contributed by atoms with van der Waals surface area (Å²) >= 11 is 0. The Bertz CT molecular complexity index is 477. The number of hydrogen-bond acceptors (Lipinski definition) is 3. The highest BCUT2D eigenvalue weighted by atomic mass is 16.3. The lowest BCUT2D eigenvalue weighted by Gasteiger charge is -2.03. The van der Waals surface area contributed by atoms with E-state index >= 15 is 0 Å². The first-order valence-corrected chi connectivity index (χ1v) is 4.98. The van der Waals surface area contributed by atoms with E-state index in [0.29, 0.717) is 12.3 Å². The highest BCUT2D eigenvalue weighted by Gasteiger charge is 2.11. The van der Waals surface area contributed by atoms with Crippen molar-refractivity contribution in [2.24, 2.45) is 0 Å². The van der Waals surface area contributed by atoms with Crippen molar-refractivity contribution in [1.29, 1.82) is 0 Å². The molecule has 82 valence electrons. The fourth-order valence-corrected chi connectivity index (χ4v) is 1.37. The predicted molar refractivity (Wildman–Crippen MR) is 58.9 cm³/mol. The van der Waals surface area contributed by atoms with E-state index in [9.17, 15) is 4.79 Å². The van der Waals surface area contributed by atoms with E-state index in [4.69, 9.17) is 4.42 Å². The van der Waals surface area contributed by atoms with E-state index < -0.39 is 0 Å². The van der Waals surface area contributed by atoms with Gasteiger partial charge in [0.1, 0.15) is 0 Å². The van der Waals surface area contributed by atoms with Crippen molar-refractivity contribution in [3.05, 3.63) is 53.7 Å². The minimum atomic E-state index is -0.195. The Labute approximate surface area is 93.3 Å². The summed E-state index contributed by atoms with van der Waals surface area (Å²) in [6.07, 6.45) is 4.90. The second kappa shape index (κ2) is 4.61. The van der Waals surface area contributed by atoms with E-state index in [-0.39, 0.29) is 5.91 Å². The topological polar surface area (TPSA) is 55.1 Å². The summed E-state index contributed by atoms with van der Waals surface area (Å²) < 4.78 is 5.09. The summed E-state index contributed by atoms with van der Waals surface area (Å²) in [5, 5.41) is 2.78.